The zero-order valence-corrected chi connectivity index (χ0v) is 9.83. The molecule has 1 aromatic rings. The van der Waals surface area contributed by atoms with Gasteiger partial charge in [0.05, 0.1) is 5.25 Å². The Hall–Kier alpha value is -1.07. The van der Waals surface area contributed by atoms with Gasteiger partial charge in [-0.3, -0.25) is 4.72 Å². The molecule has 0 amide bonds. The minimum atomic E-state index is -3.23. The number of para-hydroxylation sites is 1. The Morgan fingerprint density at radius 3 is 2.38 bits per heavy atom. The van der Waals surface area contributed by atoms with Gasteiger partial charge in [-0.1, -0.05) is 18.2 Å². The molecule has 0 spiro atoms. The van der Waals surface area contributed by atoms with Crippen molar-refractivity contribution in [3.05, 3.63) is 30.3 Å². The van der Waals surface area contributed by atoms with Crippen LogP contribution in [0.1, 0.15) is 12.8 Å². The second kappa shape index (κ2) is 4.84. The fraction of sp³-hybridized carbons (Fsp3) is 0.455. The zero-order valence-electron chi connectivity index (χ0n) is 9.02. The van der Waals surface area contributed by atoms with Crippen molar-refractivity contribution < 1.29 is 8.42 Å². The van der Waals surface area contributed by atoms with Crippen LogP contribution in [0, 0.1) is 0 Å². The minimum absolute atomic E-state index is 0.269. The lowest BCUT2D eigenvalue weighted by Crippen LogP contribution is -2.38. The molecule has 0 radical (unpaired) electrons. The largest absolute Gasteiger partial charge is 0.317 e. The van der Waals surface area contributed by atoms with Gasteiger partial charge in [0.25, 0.3) is 0 Å². The zero-order chi connectivity index (χ0) is 11.4. The fourth-order valence-corrected chi connectivity index (χ4v) is 3.35. The van der Waals surface area contributed by atoms with Crippen LogP contribution >= 0.6 is 0 Å². The van der Waals surface area contributed by atoms with Crippen LogP contribution in [0.15, 0.2) is 30.3 Å². The average Bonchev–Trinajstić information content (AvgIpc) is 2.31. The van der Waals surface area contributed by atoms with Gasteiger partial charge >= 0.3 is 0 Å². The first-order valence-corrected chi connectivity index (χ1v) is 7.00. The van der Waals surface area contributed by atoms with Crippen LogP contribution in [-0.4, -0.2) is 26.8 Å². The number of anilines is 1. The van der Waals surface area contributed by atoms with E-state index >= 15 is 0 Å². The summed E-state index contributed by atoms with van der Waals surface area (Å²) in [7, 11) is -3.23. The summed E-state index contributed by atoms with van der Waals surface area (Å²) < 4.78 is 26.7. The van der Waals surface area contributed by atoms with Crippen molar-refractivity contribution in [2.24, 2.45) is 0 Å². The quantitative estimate of drug-likeness (QED) is 0.834. The van der Waals surface area contributed by atoms with Gasteiger partial charge in [-0.05, 0) is 38.1 Å². The van der Waals surface area contributed by atoms with Gasteiger partial charge in [-0.2, -0.15) is 0 Å². The standard InChI is InChI=1S/C11H16N2O2S/c14-16(15,11-6-8-12-9-7-11)13-10-4-2-1-3-5-10/h1-5,11-13H,6-9H2. The number of hydrogen-bond donors (Lipinski definition) is 2. The Morgan fingerprint density at radius 1 is 1.12 bits per heavy atom. The Labute approximate surface area is 96.1 Å². The number of sulfonamides is 1. The first-order valence-electron chi connectivity index (χ1n) is 5.46. The Kier molecular flexibility index (Phi) is 3.46. The number of hydrogen-bond acceptors (Lipinski definition) is 3. The summed E-state index contributed by atoms with van der Waals surface area (Å²) in [6, 6.07) is 9.03. The van der Waals surface area contributed by atoms with Crippen LogP contribution in [-0.2, 0) is 10.0 Å². The summed E-state index contributed by atoms with van der Waals surface area (Å²) in [5.41, 5.74) is 0.640. The normalized spacial score (nSPS) is 18.2. The maximum absolute atomic E-state index is 12.0. The number of piperidine rings is 1. The SMILES string of the molecule is O=S(=O)(Nc1ccccc1)C1CCNCC1. The Balaban J connectivity index is 2.08. The molecule has 0 saturated carbocycles. The van der Waals surface area contributed by atoms with Gasteiger partial charge in [0.2, 0.25) is 10.0 Å². The number of rotatable bonds is 3. The van der Waals surface area contributed by atoms with Crippen molar-refractivity contribution in [3.63, 3.8) is 0 Å². The van der Waals surface area contributed by atoms with E-state index < -0.39 is 10.0 Å². The Morgan fingerprint density at radius 2 is 1.75 bits per heavy atom. The first-order chi connectivity index (χ1) is 7.68. The van der Waals surface area contributed by atoms with Gasteiger partial charge < -0.3 is 5.32 Å². The van der Waals surface area contributed by atoms with E-state index in [4.69, 9.17) is 0 Å². The molecule has 5 heteroatoms. The molecule has 0 bridgehead atoms. The van der Waals surface area contributed by atoms with Crippen LogP contribution in [0.2, 0.25) is 0 Å². The van der Waals surface area contributed by atoms with Crippen molar-refractivity contribution in [2.45, 2.75) is 18.1 Å². The fourth-order valence-electron chi connectivity index (χ4n) is 1.86. The lowest BCUT2D eigenvalue weighted by atomic mass is 10.2. The minimum Gasteiger partial charge on any atom is -0.317 e. The second-order valence-electron chi connectivity index (χ2n) is 3.96. The van der Waals surface area contributed by atoms with Gasteiger partial charge in [-0.15, -0.1) is 0 Å². The van der Waals surface area contributed by atoms with E-state index in [1.54, 1.807) is 12.1 Å². The molecule has 1 heterocycles. The van der Waals surface area contributed by atoms with Crippen LogP contribution < -0.4 is 10.0 Å². The number of benzene rings is 1. The highest BCUT2D eigenvalue weighted by molar-refractivity contribution is 7.93. The summed E-state index contributed by atoms with van der Waals surface area (Å²) in [5, 5.41) is 2.89. The molecule has 1 aliphatic heterocycles. The molecule has 2 N–H and O–H groups in total. The molecule has 1 saturated heterocycles. The average molecular weight is 240 g/mol. The van der Waals surface area contributed by atoms with Gasteiger partial charge in [0.1, 0.15) is 0 Å². The lowest BCUT2D eigenvalue weighted by molar-refractivity contribution is 0.499. The van der Waals surface area contributed by atoms with E-state index in [-0.39, 0.29) is 5.25 Å². The summed E-state index contributed by atoms with van der Waals surface area (Å²) in [6.07, 6.45) is 1.37. The van der Waals surface area contributed by atoms with E-state index in [0.29, 0.717) is 18.5 Å². The van der Waals surface area contributed by atoms with Gasteiger partial charge in [-0.25, -0.2) is 8.42 Å². The molecule has 1 fully saturated rings. The van der Waals surface area contributed by atoms with Crippen molar-refractivity contribution in [2.75, 3.05) is 17.8 Å². The topological polar surface area (TPSA) is 58.2 Å². The maximum Gasteiger partial charge on any atom is 0.235 e. The van der Waals surface area contributed by atoms with Crippen LogP contribution in [0.4, 0.5) is 5.69 Å². The van der Waals surface area contributed by atoms with E-state index in [9.17, 15) is 8.42 Å². The van der Waals surface area contributed by atoms with Crippen LogP contribution in [0.5, 0.6) is 0 Å². The third-order valence-corrected chi connectivity index (χ3v) is 4.63. The van der Waals surface area contributed by atoms with Gasteiger partial charge in [0.15, 0.2) is 0 Å². The van der Waals surface area contributed by atoms with Crippen molar-refractivity contribution in [3.8, 4) is 0 Å². The monoisotopic (exact) mass is 240 g/mol. The van der Waals surface area contributed by atoms with Crippen molar-refractivity contribution >= 4 is 15.7 Å². The molecule has 16 heavy (non-hydrogen) atoms. The van der Waals surface area contributed by atoms with Crippen molar-refractivity contribution in [1.82, 2.24) is 5.32 Å². The predicted octanol–water partition coefficient (Wildman–Crippen LogP) is 1.18. The van der Waals surface area contributed by atoms with Crippen LogP contribution in [0.3, 0.4) is 0 Å². The molecule has 88 valence electrons. The van der Waals surface area contributed by atoms with E-state index in [0.717, 1.165) is 13.1 Å². The van der Waals surface area contributed by atoms with Crippen molar-refractivity contribution in [1.29, 1.82) is 0 Å². The Bertz CT molecular complexity index is 425. The molecule has 1 aliphatic rings. The second-order valence-corrected chi connectivity index (χ2v) is 5.92. The molecule has 1 aromatic carbocycles. The van der Waals surface area contributed by atoms with E-state index in [2.05, 4.69) is 10.0 Å². The highest BCUT2D eigenvalue weighted by atomic mass is 32.2. The number of nitrogens with one attached hydrogen (secondary N) is 2. The summed E-state index contributed by atoms with van der Waals surface area (Å²) in [4.78, 5) is 0. The molecule has 4 nitrogen and oxygen atoms in total. The third kappa shape index (κ3) is 2.74. The first kappa shape index (κ1) is 11.4. The van der Waals surface area contributed by atoms with E-state index in [1.807, 2.05) is 18.2 Å². The van der Waals surface area contributed by atoms with E-state index in [1.165, 1.54) is 0 Å². The lowest BCUT2D eigenvalue weighted by Gasteiger charge is -2.23. The molecular formula is C11H16N2O2S. The molecular weight excluding hydrogens is 224 g/mol. The molecule has 0 atom stereocenters. The summed E-state index contributed by atoms with van der Waals surface area (Å²) >= 11 is 0. The summed E-state index contributed by atoms with van der Waals surface area (Å²) in [6.45, 7) is 1.56. The van der Waals surface area contributed by atoms with Gasteiger partial charge in [0, 0.05) is 5.69 Å². The highest BCUT2D eigenvalue weighted by Crippen LogP contribution is 2.17. The third-order valence-electron chi connectivity index (χ3n) is 2.76. The molecule has 0 aromatic heterocycles. The van der Waals surface area contributed by atoms with Crippen LogP contribution in [0.25, 0.3) is 0 Å². The molecule has 0 unspecified atom stereocenters. The highest BCUT2D eigenvalue weighted by Gasteiger charge is 2.26. The molecule has 2 rings (SSSR count). The maximum atomic E-state index is 12.0. The smallest absolute Gasteiger partial charge is 0.235 e. The predicted molar refractivity (Wildman–Crippen MR) is 64.9 cm³/mol. The molecule has 0 aliphatic carbocycles. The summed E-state index contributed by atoms with van der Waals surface area (Å²) in [5.74, 6) is 0.